The topological polar surface area (TPSA) is 126 Å². The van der Waals surface area contributed by atoms with Gasteiger partial charge in [0.15, 0.2) is 0 Å². The first kappa shape index (κ1) is 40.1. The van der Waals surface area contributed by atoms with Gasteiger partial charge in [-0.2, -0.15) is 0 Å². The molecule has 278 valence electrons. The molecule has 0 spiro atoms. The van der Waals surface area contributed by atoms with Crippen LogP contribution < -0.4 is 16.2 Å². The van der Waals surface area contributed by atoms with Crippen LogP contribution in [0.3, 0.4) is 0 Å². The summed E-state index contributed by atoms with van der Waals surface area (Å²) in [7, 11) is -18.5. The molecule has 0 saturated carbocycles. The summed E-state index contributed by atoms with van der Waals surface area (Å²) in [6, 6.07) is 3.80. The number of nitrogens with one attached hydrogen (secondary N) is 1. The van der Waals surface area contributed by atoms with E-state index >= 15 is 0 Å². The summed E-state index contributed by atoms with van der Waals surface area (Å²) in [4.78, 5) is 21.2. The first-order valence-corrected chi connectivity index (χ1v) is 19.0. The Hall–Kier alpha value is -2.70. The second-order valence-corrected chi connectivity index (χ2v) is 19.8. The monoisotopic (exact) mass is 753 g/mol. The van der Waals surface area contributed by atoms with Crippen molar-refractivity contribution in [2.45, 2.75) is 119 Å². The average Bonchev–Trinajstić information content (AvgIpc) is 3.28. The molecule has 0 radical (unpaired) electrons. The van der Waals surface area contributed by atoms with Crippen molar-refractivity contribution in [1.82, 2.24) is 5.32 Å². The normalized spacial score (nSPS) is 21.4. The molecule has 10 nitrogen and oxygen atoms in total. The predicted octanol–water partition coefficient (Wildman–Crippen LogP) is 5.85. The van der Waals surface area contributed by atoms with Crippen molar-refractivity contribution in [3.8, 4) is 0 Å². The molecular formula is C31H42B2F5NO9S2. The smallest absolute Gasteiger partial charge is 0.459 e. The molecule has 0 unspecified atom stereocenters. The minimum Gasteiger partial charge on any atom is -0.459 e. The first-order valence-electron chi connectivity index (χ1n) is 15.5. The summed E-state index contributed by atoms with van der Waals surface area (Å²) in [6.45, 7) is 17.4. The molecule has 0 aromatic heterocycles. The van der Waals surface area contributed by atoms with Crippen molar-refractivity contribution in [3.05, 3.63) is 42.0 Å². The Morgan fingerprint density at radius 3 is 1.52 bits per heavy atom. The SMILES string of the molecule is CC(C)(C)OC(=O)CNC(=O)c1cc(B2OC(C)(C)C(C)(C)O2)cc(S(=O)(=O)c2cc(B3OC(C)(C)C(C)(C)O3)cc(S(F)(F)(F)(F)F)c2)c1. The zero-order valence-electron chi connectivity index (χ0n) is 29.7. The minimum atomic E-state index is -10.5. The molecular weight excluding hydrogens is 711 g/mol. The van der Waals surface area contributed by atoms with E-state index in [-0.39, 0.29) is 23.2 Å². The Kier molecular flexibility index (Phi) is 9.14. The molecule has 1 N–H and O–H groups in total. The van der Waals surface area contributed by atoms with Crippen molar-refractivity contribution in [3.63, 3.8) is 0 Å². The van der Waals surface area contributed by atoms with E-state index in [2.05, 4.69) is 5.32 Å². The van der Waals surface area contributed by atoms with E-state index < -0.39 is 101 Å². The van der Waals surface area contributed by atoms with Gasteiger partial charge in [-0.1, -0.05) is 19.4 Å². The lowest BCUT2D eigenvalue weighted by atomic mass is 9.78. The highest BCUT2D eigenvalue weighted by Gasteiger charge is 2.66. The third-order valence-electron chi connectivity index (χ3n) is 9.02. The van der Waals surface area contributed by atoms with Crippen molar-refractivity contribution >= 4 is 57.1 Å². The highest BCUT2D eigenvalue weighted by atomic mass is 32.5. The maximum absolute atomic E-state index is 14.3. The molecule has 1 amide bonds. The Morgan fingerprint density at radius 1 is 0.720 bits per heavy atom. The summed E-state index contributed by atoms with van der Waals surface area (Å²) < 4.78 is 129. The van der Waals surface area contributed by atoms with Gasteiger partial charge in [-0.3, -0.25) is 9.59 Å². The summed E-state index contributed by atoms with van der Waals surface area (Å²) in [5, 5.41) is 2.32. The molecule has 0 bridgehead atoms. The van der Waals surface area contributed by atoms with E-state index in [1.54, 1.807) is 76.2 Å². The van der Waals surface area contributed by atoms with Crippen LogP contribution in [-0.2, 0) is 38.0 Å². The van der Waals surface area contributed by atoms with Crippen molar-refractivity contribution in [1.29, 1.82) is 0 Å². The number of rotatable bonds is 8. The van der Waals surface area contributed by atoms with Gasteiger partial charge in [0.2, 0.25) is 9.84 Å². The molecule has 2 aliphatic rings. The molecule has 2 aromatic rings. The summed E-state index contributed by atoms with van der Waals surface area (Å²) in [5.41, 5.74) is -5.96. The van der Waals surface area contributed by atoms with E-state index in [1.165, 1.54) is 6.07 Å². The van der Waals surface area contributed by atoms with Crippen LogP contribution >= 0.6 is 10.2 Å². The number of carbonyl (C=O) groups is 2. The van der Waals surface area contributed by atoms with Crippen LogP contribution in [0.4, 0.5) is 19.4 Å². The first-order chi connectivity index (χ1) is 22.0. The number of halogens is 5. The summed E-state index contributed by atoms with van der Waals surface area (Å²) >= 11 is 0. The minimum absolute atomic E-state index is 0.0257. The van der Waals surface area contributed by atoms with E-state index in [9.17, 15) is 37.4 Å². The molecule has 50 heavy (non-hydrogen) atoms. The number of esters is 1. The lowest BCUT2D eigenvalue weighted by Gasteiger charge is -2.41. The van der Waals surface area contributed by atoms with E-state index in [4.69, 9.17) is 23.4 Å². The zero-order valence-corrected chi connectivity index (χ0v) is 31.3. The largest absolute Gasteiger partial charge is 0.494 e. The standard InChI is InChI=1S/C31H42B2F5NO9S2/c1-27(2,3)44-25(40)18-39-26(41)19-12-20(32-45-28(4,5)29(6,7)46-32)14-22(13-19)49(42,43)23-15-21(16-24(17-23)50(34,35,36,37)38)33-47-30(8,9)31(10,11)48-33/h12-17H,18H2,1-11H3,(H,39,41). The Bertz CT molecular complexity index is 1810. The van der Waals surface area contributed by atoms with Gasteiger partial charge in [-0.05, 0) is 123 Å². The molecule has 0 atom stereocenters. The van der Waals surface area contributed by atoms with Gasteiger partial charge < -0.3 is 28.7 Å². The molecule has 19 heteroatoms. The van der Waals surface area contributed by atoms with Crippen molar-refractivity contribution in [2.24, 2.45) is 0 Å². The Labute approximate surface area is 290 Å². The van der Waals surface area contributed by atoms with Crippen molar-refractivity contribution < 1.29 is 60.8 Å². The Morgan fingerprint density at radius 2 is 1.12 bits per heavy atom. The highest BCUT2D eigenvalue weighted by Crippen LogP contribution is 3.02. The summed E-state index contributed by atoms with van der Waals surface area (Å²) in [6.07, 6.45) is 0. The lowest BCUT2D eigenvalue weighted by Crippen LogP contribution is -2.41. The second-order valence-electron chi connectivity index (χ2n) is 15.4. The second kappa shape index (κ2) is 11.4. The van der Waals surface area contributed by atoms with Gasteiger partial charge in [0, 0.05) is 5.56 Å². The van der Waals surface area contributed by atoms with Crippen LogP contribution in [-0.4, -0.2) is 69.1 Å². The quantitative estimate of drug-likeness (QED) is 0.201. The van der Waals surface area contributed by atoms with Crippen LogP contribution in [0.25, 0.3) is 0 Å². The van der Waals surface area contributed by atoms with E-state index in [0.29, 0.717) is 0 Å². The van der Waals surface area contributed by atoms with E-state index in [1.807, 2.05) is 0 Å². The van der Waals surface area contributed by atoms with Gasteiger partial charge in [0.25, 0.3) is 5.91 Å². The van der Waals surface area contributed by atoms with Crippen LogP contribution in [0.5, 0.6) is 0 Å². The maximum atomic E-state index is 14.3. The zero-order chi connectivity index (χ0) is 38.4. The highest BCUT2D eigenvalue weighted by molar-refractivity contribution is 8.45. The number of benzene rings is 2. The van der Waals surface area contributed by atoms with Gasteiger partial charge >= 0.3 is 30.4 Å². The number of hydrogen-bond acceptors (Lipinski definition) is 9. The number of hydrogen-bond donors (Lipinski definition) is 1. The molecule has 0 aliphatic carbocycles. The molecule has 2 heterocycles. The van der Waals surface area contributed by atoms with Gasteiger partial charge in [-0.25, -0.2) is 8.42 Å². The predicted molar refractivity (Wildman–Crippen MR) is 179 cm³/mol. The fourth-order valence-corrected chi connectivity index (χ4v) is 7.08. The van der Waals surface area contributed by atoms with Crippen LogP contribution in [0.1, 0.15) is 86.5 Å². The fraction of sp³-hybridized carbons (Fsp3) is 0.548. The van der Waals surface area contributed by atoms with E-state index in [0.717, 1.165) is 18.2 Å². The number of sulfone groups is 1. The maximum Gasteiger partial charge on any atom is 0.494 e. The summed E-state index contributed by atoms with van der Waals surface area (Å²) in [5.74, 6) is -1.76. The molecule has 2 aliphatic heterocycles. The van der Waals surface area contributed by atoms with Crippen LogP contribution in [0, 0.1) is 0 Å². The molecule has 2 fully saturated rings. The third kappa shape index (κ3) is 8.33. The molecule has 4 rings (SSSR count). The number of amides is 1. The third-order valence-corrected chi connectivity index (χ3v) is 11.9. The van der Waals surface area contributed by atoms with Crippen LogP contribution in [0.15, 0.2) is 51.1 Å². The number of ether oxygens (including phenoxy) is 1. The van der Waals surface area contributed by atoms with Gasteiger partial charge in [0.1, 0.15) is 17.0 Å². The fourth-order valence-electron chi connectivity index (χ4n) is 4.88. The van der Waals surface area contributed by atoms with Crippen molar-refractivity contribution in [2.75, 3.05) is 6.54 Å². The lowest BCUT2D eigenvalue weighted by molar-refractivity contribution is -0.153. The van der Waals surface area contributed by atoms with Gasteiger partial charge in [0.05, 0.1) is 32.2 Å². The van der Waals surface area contributed by atoms with Gasteiger partial charge in [-0.15, -0.1) is 0 Å². The molecule has 2 aromatic carbocycles. The number of carbonyl (C=O) groups excluding carboxylic acids is 2. The van der Waals surface area contributed by atoms with Crippen LogP contribution in [0.2, 0.25) is 0 Å². The average molecular weight is 753 g/mol. The molecule has 2 saturated heterocycles. The Balaban J connectivity index is 1.88.